The lowest BCUT2D eigenvalue weighted by Crippen LogP contribution is -2.53. The first-order chi connectivity index (χ1) is 15.3. The second-order valence-electron chi connectivity index (χ2n) is 8.46. The fourth-order valence-corrected chi connectivity index (χ4v) is 5.29. The van der Waals surface area contributed by atoms with Crippen LogP contribution in [0.15, 0.2) is 48.5 Å². The molecule has 9 heteroatoms. The highest BCUT2D eigenvalue weighted by molar-refractivity contribution is 6.15. The quantitative estimate of drug-likeness (QED) is 0.604. The van der Waals surface area contributed by atoms with Gasteiger partial charge in [-0.25, -0.2) is 4.39 Å². The molecule has 2 saturated heterocycles. The van der Waals surface area contributed by atoms with Gasteiger partial charge in [0.1, 0.15) is 11.4 Å². The van der Waals surface area contributed by atoms with Crippen molar-refractivity contribution in [2.45, 2.75) is 31.0 Å². The molecule has 0 radical (unpaired) electrons. The first-order valence-electron chi connectivity index (χ1n) is 10.4. The van der Waals surface area contributed by atoms with Crippen LogP contribution in [0, 0.1) is 17.7 Å². The van der Waals surface area contributed by atoms with E-state index in [4.69, 9.17) is 5.73 Å². The molecule has 3 heterocycles. The molecule has 2 aromatic carbocycles. The fourth-order valence-electron chi connectivity index (χ4n) is 5.29. The van der Waals surface area contributed by atoms with Gasteiger partial charge >= 0.3 is 0 Å². The average Bonchev–Trinajstić information content (AvgIpc) is 3.34. The minimum Gasteiger partial charge on any atom is -0.370 e. The number of anilines is 1. The number of fused-ring (bicyclic) bond motifs is 4. The van der Waals surface area contributed by atoms with Crippen molar-refractivity contribution >= 4 is 29.3 Å². The van der Waals surface area contributed by atoms with E-state index in [-0.39, 0.29) is 19.4 Å². The summed E-state index contributed by atoms with van der Waals surface area (Å²) in [6.07, 6.45) is 0.233. The van der Waals surface area contributed by atoms with Crippen molar-refractivity contribution in [1.82, 2.24) is 10.2 Å². The van der Waals surface area contributed by atoms with E-state index < -0.39 is 52.9 Å². The van der Waals surface area contributed by atoms with Gasteiger partial charge in [0.05, 0.1) is 18.4 Å². The molecule has 0 aliphatic carbocycles. The fraction of sp³-hybridized carbons (Fsp3) is 0.304. The molecule has 5 rings (SSSR count). The van der Waals surface area contributed by atoms with Crippen molar-refractivity contribution < 1.29 is 23.6 Å². The highest BCUT2D eigenvalue weighted by Gasteiger charge is 2.70. The first kappa shape index (κ1) is 20.3. The zero-order chi connectivity index (χ0) is 22.6. The molecule has 2 aromatic rings. The molecule has 164 valence electrons. The standard InChI is InChI=1S/C23H21FN4O4/c24-13-7-5-12(6-8-13)11-28-20(30)18-16(9-10-17(25)29)27-23(19(18)21(28)31)14-3-1-2-4-15(14)26-22(23)32/h1-8,16,18-19,27H,9-11H2,(H2,25,29)(H,26,32). The predicted molar refractivity (Wildman–Crippen MR) is 111 cm³/mol. The van der Waals surface area contributed by atoms with Crippen molar-refractivity contribution in [1.29, 1.82) is 0 Å². The van der Waals surface area contributed by atoms with Crippen molar-refractivity contribution in [3.05, 3.63) is 65.5 Å². The number of benzene rings is 2. The summed E-state index contributed by atoms with van der Waals surface area (Å²) in [6.45, 7) is -0.0210. The maximum atomic E-state index is 13.6. The van der Waals surface area contributed by atoms with Crippen LogP contribution in [0.25, 0.3) is 0 Å². The van der Waals surface area contributed by atoms with Crippen LogP contribution in [-0.2, 0) is 31.3 Å². The lowest BCUT2D eigenvalue weighted by atomic mass is 9.76. The number of para-hydroxylation sites is 1. The third kappa shape index (κ3) is 2.85. The summed E-state index contributed by atoms with van der Waals surface area (Å²) >= 11 is 0. The number of nitrogens with one attached hydrogen (secondary N) is 2. The van der Waals surface area contributed by atoms with Gasteiger partial charge < -0.3 is 11.1 Å². The average molecular weight is 436 g/mol. The number of nitrogens with zero attached hydrogens (tertiary/aromatic N) is 1. The number of carbonyl (C=O) groups excluding carboxylic acids is 4. The predicted octanol–water partition coefficient (Wildman–Crippen LogP) is 1.01. The topological polar surface area (TPSA) is 122 Å². The molecule has 4 atom stereocenters. The zero-order valence-corrected chi connectivity index (χ0v) is 17.0. The van der Waals surface area contributed by atoms with E-state index in [9.17, 15) is 23.6 Å². The molecule has 32 heavy (non-hydrogen) atoms. The Morgan fingerprint density at radius 3 is 2.50 bits per heavy atom. The van der Waals surface area contributed by atoms with Crippen LogP contribution >= 0.6 is 0 Å². The monoisotopic (exact) mass is 436 g/mol. The van der Waals surface area contributed by atoms with Crippen LogP contribution in [0.2, 0.25) is 0 Å². The molecular formula is C23H21FN4O4. The smallest absolute Gasteiger partial charge is 0.250 e. The van der Waals surface area contributed by atoms with E-state index in [0.29, 0.717) is 16.8 Å². The van der Waals surface area contributed by atoms with Crippen LogP contribution in [-0.4, -0.2) is 34.6 Å². The summed E-state index contributed by atoms with van der Waals surface area (Å²) < 4.78 is 13.3. The maximum absolute atomic E-state index is 13.6. The van der Waals surface area contributed by atoms with Gasteiger partial charge in [0, 0.05) is 23.7 Å². The molecule has 0 saturated carbocycles. The van der Waals surface area contributed by atoms with E-state index >= 15 is 0 Å². The molecule has 8 nitrogen and oxygen atoms in total. The molecule has 1 spiro atoms. The van der Waals surface area contributed by atoms with Crippen LogP contribution < -0.4 is 16.4 Å². The number of amides is 4. The highest BCUT2D eigenvalue weighted by Crippen LogP contribution is 2.53. The molecule has 4 N–H and O–H groups in total. The number of likely N-dealkylation sites (tertiary alicyclic amines) is 1. The molecule has 3 aliphatic heterocycles. The Balaban J connectivity index is 1.56. The van der Waals surface area contributed by atoms with Crippen molar-refractivity contribution in [2.75, 3.05) is 5.32 Å². The number of carbonyl (C=O) groups is 4. The Morgan fingerprint density at radius 2 is 1.78 bits per heavy atom. The van der Waals surface area contributed by atoms with Gasteiger partial charge in [-0.05, 0) is 30.2 Å². The minimum absolute atomic E-state index is 0.0136. The second kappa shape index (κ2) is 7.23. The summed E-state index contributed by atoms with van der Waals surface area (Å²) in [5, 5.41) is 6.06. The van der Waals surface area contributed by atoms with Crippen molar-refractivity contribution in [3.63, 3.8) is 0 Å². The summed E-state index contributed by atoms with van der Waals surface area (Å²) in [5.41, 5.74) is 5.69. The molecule has 4 unspecified atom stereocenters. The Hall–Kier alpha value is -3.59. The molecule has 4 amide bonds. The summed E-state index contributed by atoms with van der Waals surface area (Å²) in [7, 11) is 0. The Morgan fingerprint density at radius 1 is 1.06 bits per heavy atom. The van der Waals surface area contributed by atoms with Gasteiger partial charge in [-0.15, -0.1) is 0 Å². The normalized spacial score (nSPS) is 28.2. The van der Waals surface area contributed by atoms with E-state index in [2.05, 4.69) is 10.6 Å². The Bertz CT molecular complexity index is 1150. The first-order valence-corrected chi connectivity index (χ1v) is 10.4. The van der Waals surface area contributed by atoms with Gasteiger partial charge in [0.2, 0.25) is 23.6 Å². The molecule has 0 bridgehead atoms. The van der Waals surface area contributed by atoms with Crippen molar-refractivity contribution in [2.24, 2.45) is 17.6 Å². The molecule has 2 fully saturated rings. The van der Waals surface area contributed by atoms with Crippen LogP contribution in [0.1, 0.15) is 24.0 Å². The SMILES string of the molecule is NC(=O)CCC1NC2(C(=O)Nc3ccccc32)C2C(=O)N(Cc3ccc(F)cc3)C(=O)C12. The van der Waals surface area contributed by atoms with E-state index in [1.54, 1.807) is 24.3 Å². The van der Waals surface area contributed by atoms with Crippen molar-refractivity contribution in [3.8, 4) is 0 Å². The third-order valence-corrected chi connectivity index (χ3v) is 6.67. The number of hydrogen-bond acceptors (Lipinski definition) is 5. The number of hydrogen-bond donors (Lipinski definition) is 3. The minimum atomic E-state index is -1.41. The maximum Gasteiger partial charge on any atom is 0.250 e. The van der Waals surface area contributed by atoms with Gasteiger partial charge in [0.25, 0.3) is 0 Å². The number of nitrogens with two attached hydrogens (primary N) is 1. The van der Waals surface area contributed by atoms with E-state index in [0.717, 1.165) is 4.90 Å². The molecule has 0 aromatic heterocycles. The van der Waals surface area contributed by atoms with Gasteiger partial charge in [-0.3, -0.25) is 29.4 Å². The van der Waals surface area contributed by atoms with Crippen LogP contribution in [0.4, 0.5) is 10.1 Å². The Labute approximate surface area is 182 Å². The number of halogens is 1. The number of rotatable bonds is 5. The molecule has 3 aliphatic rings. The van der Waals surface area contributed by atoms with Crippen LogP contribution in [0.5, 0.6) is 0 Å². The summed E-state index contributed by atoms with van der Waals surface area (Å²) in [6, 6.07) is 12.0. The van der Waals surface area contributed by atoms with E-state index in [1.165, 1.54) is 24.3 Å². The second-order valence-corrected chi connectivity index (χ2v) is 8.46. The third-order valence-electron chi connectivity index (χ3n) is 6.67. The zero-order valence-electron chi connectivity index (χ0n) is 17.0. The van der Waals surface area contributed by atoms with Gasteiger partial charge in [-0.1, -0.05) is 30.3 Å². The number of imide groups is 1. The van der Waals surface area contributed by atoms with Gasteiger partial charge in [0.15, 0.2) is 0 Å². The number of primary amides is 1. The summed E-state index contributed by atoms with van der Waals surface area (Å²) in [4.78, 5) is 52.8. The molecular weight excluding hydrogens is 415 g/mol. The Kier molecular flexibility index (Phi) is 4.59. The highest BCUT2D eigenvalue weighted by atomic mass is 19.1. The lowest BCUT2D eigenvalue weighted by molar-refractivity contribution is -0.143. The largest absolute Gasteiger partial charge is 0.370 e. The summed E-state index contributed by atoms with van der Waals surface area (Å²) in [5.74, 6) is -4.01. The van der Waals surface area contributed by atoms with E-state index in [1.807, 2.05) is 0 Å². The van der Waals surface area contributed by atoms with Crippen LogP contribution in [0.3, 0.4) is 0 Å². The lowest BCUT2D eigenvalue weighted by Gasteiger charge is -2.29. The van der Waals surface area contributed by atoms with Gasteiger partial charge in [-0.2, -0.15) is 0 Å².